The predicted molar refractivity (Wildman–Crippen MR) is 114 cm³/mol. The van der Waals surface area contributed by atoms with Gasteiger partial charge in [-0.2, -0.15) is 0 Å². The first-order chi connectivity index (χ1) is 13.3. The molecule has 5 heteroatoms. The Labute approximate surface area is 168 Å². The third-order valence-corrected chi connectivity index (χ3v) is 7.56. The topological polar surface area (TPSA) is 54.5 Å². The highest BCUT2D eigenvalue weighted by Crippen LogP contribution is 2.22. The molecule has 4 nitrogen and oxygen atoms in total. The average Bonchev–Trinajstić information content (AvgIpc) is 2.68. The lowest BCUT2D eigenvalue weighted by Crippen LogP contribution is -2.35. The molecule has 0 bridgehead atoms. The smallest absolute Gasteiger partial charge is 0.226 e. The molecule has 1 aliphatic heterocycles. The average molecular weight is 400 g/mol. The van der Waals surface area contributed by atoms with Gasteiger partial charge in [-0.15, -0.1) is 0 Å². The summed E-state index contributed by atoms with van der Waals surface area (Å²) in [5, 5.41) is -0.352. The number of aryl methyl sites for hydroxylation is 2. The second-order valence-electron chi connectivity index (χ2n) is 7.84. The number of hydrogen-bond acceptors (Lipinski definition) is 3. The fourth-order valence-corrected chi connectivity index (χ4v) is 4.40. The number of anilines is 1. The van der Waals surface area contributed by atoms with Crippen molar-refractivity contribution >= 4 is 21.4 Å². The van der Waals surface area contributed by atoms with Crippen molar-refractivity contribution in [3.8, 4) is 0 Å². The first-order valence-electron chi connectivity index (χ1n) is 10.0. The third-order valence-electron chi connectivity index (χ3n) is 5.38. The fraction of sp³-hybridized carbons (Fsp3) is 0.435. The van der Waals surface area contributed by atoms with Gasteiger partial charge in [0.2, 0.25) is 5.91 Å². The molecule has 0 saturated carbocycles. The summed E-state index contributed by atoms with van der Waals surface area (Å²) in [6.45, 7) is 4.25. The number of amides is 1. The predicted octanol–water partition coefficient (Wildman–Crippen LogP) is 4.31. The monoisotopic (exact) mass is 399 g/mol. The van der Waals surface area contributed by atoms with E-state index < -0.39 is 9.84 Å². The van der Waals surface area contributed by atoms with Crippen LogP contribution in [0.15, 0.2) is 48.5 Å². The Morgan fingerprint density at radius 1 is 0.857 bits per heavy atom. The Bertz CT molecular complexity index is 900. The Morgan fingerprint density at radius 2 is 1.39 bits per heavy atom. The summed E-state index contributed by atoms with van der Waals surface area (Å²) in [5.74, 6) is 0.320. The molecule has 0 spiro atoms. The van der Waals surface area contributed by atoms with E-state index in [2.05, 4.69) is 12.1 Å². The van der Waals surface area contributed by atoms with Crippen LogP contribution in [0, 0.1) is 0 Å². The standard InChI is InChI=1S/C23H29NO3S/c1-18(2)28(26,27)17-21-10-8-19(9-11-21)6-7-20-12-14-22(15-13-20)24-16-4-3-5-23(24)25/h8-15,18H,3-7,16-17H2,1-2H3. The molecule has 2 aromatic carbocycles. The Kier molecular flexibility index (Phi) is 6.55. The number of rotatable bonds is 7. The van der Waals surface area contributed by atoms with Crippen LogP contribution in [-0.2, 0) is 33.2 Å². The van der Waals surface area contributed by atoms with Crippen LogP contribution in [-0.4, -0.2) is 26.1 Å². The van der Waals surface area contributed by atoms with Gasteiger partial charge < -0.3 is 4.90 Å². The van der Waals surface area contributed by atoms with Gasteiger partial charge in [0.15, 0.2) is 9.84 Å². The van der Waals surface area contributed by atoms with Gasteiger partial charge in [0.25, 0.3) is 0 Å². The molecule has 1 aliphatic rings. The largest absolute Gasteiger partial charge is 0.312 e. The molecule has 0 radical (unpaired) electrons. The molecule has 1 saturated heterocycles. The van der Waals surface area contributed by atoms with Gasteiger partial charge in [0, 0.05) is 18.7 Å². The number of nitrogens with zero attached hydrogens (tertiary/aromatic N) is 1. The van der Waals surface area contributed by atoms with Crippen LogP contribution in [0.1, 0.15) is 49.8 Å². The Balaban J connectivity index is 1.56. The van der Waals surface area contributed by atoms with Crippen molar-refractivity contribution in [1.29, 1.82) is 0 Å². The molecule has 0 aromatic heterocycles. The van der Waals surface area contributed by atoms with Crippen LogP contribution < -0.4 is 4.90 Å². The van der Waals surface area contributed by atoms with Crippen molar-refractivity contribution in [2.24, 2.45) is 0 Å². The maximum Gasteiger partial charge on any atom is 0.226 e. The molecule has 2 aromatic rings. The second-order valence-corrected chi connectivity index (χ2v) is 10.4. The highest BCUT2D eigenvalue weighted by atomic mass is 32.2. The lowest BCUT2D eigenvalue weighted by molar-refractivity contribution is -0.119. The van der Waals surface area contributed by atoms with Crippen molar-refractivity contribution < 1.29 is 13.2 Å². The van der Waals surface area contributed by atoms with Crippen LogP contribution in [0.3, 0.4) is 0 Å². The summed E-state index contributed by atoms with van der Waals surface area (Å²) in [5.41, 5.74) is 4.26. The summed E-state index contributed by atoms with van der Waals surface area (Å²) in [7, 11) is -3.06. The number of carbonyl (C=O) groups is 1. The molecule has 3 rings (SSSR count). The molecule has 150 valence electrons. The molecule has 0 aliphatic carbocycles. The minimum atomic E-state index is -3.06. The van der Waals surface area contributed by atoms with E-state index in [1.54, 1.807) is 13.8 Å². The zero-order chi connectivity index (χ0) is 20.1. The molecule has 1 amide bonds. The van der Waals surface area contributed by atoms with Gasteiger partial charge in [-0.1, -0.05) is 36.4 Å². The highest BCUT2D eigenvalue weighted by Gasteiger charge is 2.19. The van der Waals surface area contributed by atoms with E-state index in [-0.39, 0.29) is 16.9 Å². The van der Waals surface area contributed by atoms with Crippen LogP contribution in [0.2, 0.25) is 0 Å². The van der Waals surface area contributed by atoms with Gasteiger partial charge in [-0.05, 0) is 68.4 Å². The highest BCUT2D eigenvalue weighted by molar-refractivity contribution is 7.91. The molecule has 0 atom stereocenters. The minimum Gasteiger partial charge on any atom is -0.312 e. The SMILES string of the molecule is CC(C)S(=O)(=O)Cc1ccc(CCc2ccc(N3CCCCC3=O)cc2)cc1. The van der Waals surface area contributed by atoms with Gasteiger partial charge >= 0.3 is 0 Å². The molecule has 0 N–H and O–H groups in total. The summed E-state index contributed by atoms with van der Waals surface area (Å²) in [4.78, 5) is 13.9. The van der Waals surface area contributed by atoms with E-state index in [0.29, 0.717) is 6.42 Å². The van der Waals surface area contributed by atoms with Gasteiger partial charge in [-0.25, -0.2) is 8.42 Å². The number of sulfone groups is 1. The van der Waals surface area contributed by atoms with Crippen LogP contribution in [0.25, 0.3) is 0 Å². The molecular formula is C23H29NO3S. The van der Waals surface area contributed by atoms with Crippen molar-refractivity contribution in [2.45, 2.75) is 57.0 Å². The van der Waals surface area contributed by atoms with E-state index >= 15 is 0 Å². The summed E-state index contributed by atoms with van der Waals surface area (Å²) in [6.07, 6.45) is 4.53. The van der Waals surface area contributed by atoms with Crippen LogP contribution in [0.4, 0.5) is 5.69 Å². The van der Waals surface area contributed by atoms with Crippen LogP contribution in [0.5, 0.6) is 0 Å². The minimum absolute atomic E-state index is 0.0988. The van der Waals surface area contributed by atoms with E-state index in [1.165, 1.54) is 11.1 Å². The molecule has 1 heterocycles. The van der Waals surface area contributed by atoms with Gasteiger partial charge in [-0.3, -0.25) is 4.79 Å². The van der Waals surface area contributed by atoms with Crippen molar-refractivity contribution in [3.05, 3.63) is 65.2 Å². The zero-order valence-corrected chi connectivity index (χ0v) is 17.5. The normalized spacial score (nSPS) is 15.2. The third kappa shape index (κ3) is 5.22. The lowest BCUT2D eigenvalue weighted by atomic mass is 10.0. The lowest BCUT2D eigenvalue weighted by Gasteiger charge is -2.26. The molecule has 0 unspecified atom stereocenters. The van der Waals surface area contributed by atoms with E-state index in [0.717, 1.165) is 43.5 Å². The first-order valence-corrected chi connectivity index (χ1v) is 11.8. The Morgan fingerprint density at radius 3 is 1.93 bits per heavy atom. The maximum absolute atomic E-state index is 12.0. The van der Waals surface area contributed by atoms with Gasteiger partial charge in [0.05, 0.1) is 11.0 Å². The fourth-order valence-electron chi connectivity index (χ4n) is 3.41. The first kappa shape index (κ1) is 20.6. The molecular weight excluding hydrogens is 370 g/mol. The van der Waals surface area contributed by atoms with Crippen molar-refractivity contribution in [1.82, 2.24) is 0 Å². The number of carbonyl (C=O) groups excluding carboxylic acids is 1. The Hall–Kier alpha value is -2.14. The van der Waals surface area contributed by atoms with E-state index in [1.807, 2.05) is 41.3 Å². The number of hydrogen-bond donors (Lipinski definition) is 0. The van der Waals surface area contributed by atoms with Gasteiger partial charge in [0.1, 0.15) is 0 Å². The second kappa shape index (κ2) is 8.91. The zero-order valence-electron chi connectivity index (χ0n) is 16.7. The van der Waals surface area contributed by atoms with Crippen LogP contribution >= 0.6 is 0 Å². The summed E-state index contributed by atoms with van der Waals surface area (Å²) in [6, 6.07) is 16.1. The summed E-state index contributed by atoms with van der Waals surface area (Å²) >= 11 is 0. The van der Waals surface area contributed by atoms with E-state index in [9.17, 15) is 13.2 Å². The van der Waals surface area contributed by atoms with Crippen molar-refractivity contribution in [3.63, 3.8) is 0 Å². The van der Waals surface area contributed by atoms with E-state index in [4.69, 9.17) is 0 Å². The molecule has 1 fully saturated rings. The number of piperidine rings is 1. The van der Waals surface area contributed by atoms with Crippen molar-refractivity contribution in [2.75, 3.05) is 11.4 Å². The maximum atomic E-state index is 12.0. The number of benzene rings is 2. The summed E-state index contributed by atoms with van der Waals surface area (Å²) < 4.78 is 24.1. The molecule has 28 heavy (non-hydrogen) atoms. The quantitative estimate of drug-likeness (QED) is 0.697.